The first-order chi connectivity index (χ1) is 20.1. The van der Waals surface area contributed by atoms with E-state index in [0.717, 1.165) is 12.8 Å². The van der Waals surface area contributed by atoms with Gasteiger partial charge in [-0.1, -0.05) is 54.1 Å². The summed E-state index contributed by atoms with van der Waals surface area (Å²) < 4.78 is 74.5. The third kappa shape index (κ3) is 5.30. The van der Waals surface area contributed by atoms with Gasteiger partial charge in [0, 0.05) is 30.8 Å². The van der Waals surface area contributed by atoms with Crippen LogP contribution in [0.3, 0.4) is 0 Å². The lowest BCUT2D eigenvalue weighted by Gasteiger charge is -2.37. The molecule has 1 heterocycles. The van der Waals surface area contributed by atoms with Crippen LogP contribution in [-0.4, -0.2) is 43.4 Å². The van der Waals surface area contributed by atoms with Gasteiger partial charge in [-0.05, 0) is 42.9 Å². The van der Waals surface area contributed by atoms with E-state index in [1.54, 1.807) is 6.07 Å². The number of methoxy groups -OCH3 is 1. The highest BCUT2D eigenvalue weighted by Gasteiger charge is 2.52. The van der Waals surface area contributed by atoms with E-state index < -0.39 is 57.8 Å². The number of nitrogens with two attached hydrogens (primary N) is 1. The molecule has 5 rings (SSSR count). The highest BCUT2D eigenvalue weighted by molar-refractivity contribution is 6.33. The number of amides is 1. The van der Waals surface area contributed by atoms with E-state index in [0.29, 0.717) is 18.4 Å². The molecule has 0 spiro atoms. The maximum Gasteiger partial charge on any atom is 0.387 e. The van der Waals surface area contributed by atoms with E-state index in [-0.39, 0.29) is 35.6 Å². The van der Waals surface area contributed by atoms with Gasteiger partial charge >= 0.3 is 6.61 Å². The summed E-state index contributed by atoms with van der Waals surface area (Å²) in [6.45, 7) is -3.30. The molecular formula is C30H29ClF4N2O5. The number of ether oxygens (including phenoxy) is 3. The van der Waals surface area contributed by atoms with E-state index >= 15 is 8.78 Å². The highest BCUT2D eigenvalue weighted by atomic mass is 35.5. The van der Waals surface area contributed by atoms with Crippen molar-refractivity contribution < 1.29 is 41.7 Å². The molecule has 2 atom stereocenters. The lowest BCUT2D eigenvalue weighted by molar-refractivity contribution is -0.0577. The van der Waals surface area contributed by atoms with Crippen molar-refractivity contribution in [3.8, 4) is 22.6 Å². The number of aliphatic hydroxyl groups excluding tert-OH is 1. The molecule has 42 heavy (non-hydrogen) atoms. The number of benzene rings is 3. The minimum atomic E-state index is -3.53. The van der Waals surface area contributed by atoms with Crippen LogP contribution < -0.4 is 20.5 Å². The van der Waals surface area contributed by atoms with Gasteiger partial charge in [0.2, 0.25) is 0 Å². The summed E-state index contributed by atoms with van der Waals surface area (Å²) in [7, 11) is 1.42. The van der Waals surface area contributed by atoms with Gasteiger partial charge in [-0.15, -0.1) is 0 Å². The number of fused-ring (bicyclic) bond motifs is 1. The van der Waals surface area contributed by atoms with Crippen LogP contribution >= 0.6 is 11.6 Å². The van der Waals surface area contributed by atoms with Gasteiger partial charge in [-0.25, -0.2) is 8.78 Å². The zero-order valence-corrected chi connectivity index (χ0v) is 23.3. The molecule has 3 aromatic carbocycles. The van der Waals surface area contributed by atoms with Crippen molar-refractivity contribution in [2.24, 2.45) is 5.73 Å². The molecule has 3 aromatic rings. The lowest BCUT2D eigenvalue weighted by atomic mass is 9.82. The van der Waals surface area contributed by atoms with Gasteiger partial charge in [0.25, 0.3) is 5.91 Å². The maximum atomic E-state index is 16.0. The van der Waals surface area contributed by atoms with Crippen molar-refractivity contribution >= 4 is 17.5 Å². The molecule has 12 heteroatoms. The standard InChI is InChI=1S/C30H29ClF4N2O5/c1-40-27-20-18(21-22(28(36)39)24(32)23(31)26(25(21)33)41-29(34)35)8-5-9-19(20)42-30(27,15-6-3-2-4-7-15)14-37-16-10-12-17(38)13-11-16/h2-9,16-17,27,29,37-38H,10-14H2,1H3,(H2,36,39)/t16-,17-,27-,30+/m0/s1. The Labute approximate surface area is 244 Å². The number of halogens is 5. The second-order valence-electron chi connectivity index (χ2n) is 10.3. The number of primary amides is 1. The SMILES string of the molecule is CO[C@H]1c2c(cccc2-c2c(F)c(OC(F)F)c(Cl)c(F)c2C(N)=O)O[C@]1(CN[C@H]1CC[C@H](O)CC1)c1ccccc1. The summed E-state index contributed by atoms with van der Waals surface area (Å²) in [4.78, 5) is 12.4. The number of nitrogens with one attached hydrogen (secondary N) is 1. The Morgan fingerprint density at radius 3 is 2.43 bits per heavy atom. The summed E-state index contributed by atoms with van der Waals surface area (Å²) >= 11 is 5.82. The fraction of sp³-hybridized carbons (Fsp3) is 0.367. The third-order valence-electron chi connectivity index (χ3n) is 7.90. The van der Waals surface area contributed by atoms with E-state index in [1.165, 1.54) is 19.2 Å². The predicted molar refractivity (Wildman–Crippen MR) is 147 cm³/mol. The molecule has 7 nitrogen and oxygen atoms in total. The molecule has 1 amide bonds. The number of carbonyl (C=O) groups excluding carboxylic acids is 1. The fourth-order valence-electron chi connectivity index (χ4n) is 5.97. The Kier molecular flexibility index (Phi) is 8.66. The summed E-state index contributed by atoms with van der Waals surface area (Å²) in [5, 5.41) is 12.3. The average molecular weight is 609 g/mol. The number of carbonyl (C=O) groups is 1. The van der Waals surface area contributed by atoms with Crippen LogP contribution in [0.1, 0.15) is 53.3 Å². The third-order valence-corrected chi connectivity index (χ3v) is 8.23. The molecule has 0 saturated heterocycles. The zero-order valence-electron chi connectivity index (χ0n) is 22.5. The summed E-state index contributed by atoms with van der Waals surface area (Å²) in [6.07, 6.45) is 1.48. The Morgan fingerprint density at radius 2 is 1.81 bits per heavy atom. The number of hydrogen-bond donors (Lipinski definition) is 3. The monoisotopic (exact) mass is 608 g/mol. The van der Waals surface area contributed by atoms with E-state index in [4.69, 9.17) is 26.8 Å². The normalized spacial score (nSPS) is 23.5. The van der Waals surface area contributed by atoms with Crippen LogP contribution in [0.5, 0.6) is 11.5 Å². The van der Waals surface area contributed by atoms with Gasteiger partial charge in [-0.3, -0.25) is 4.79 Å². The van der Waals surface area contributed by atoms with Gasteiger partial charge < -0.3 is 30.4 Å². The Balaban J connectivity index is 1.68. The Morgan fingerprint density at radius 1 is 1.12 bits per heavy atom. The molecule has 0 aromatic heterocycles. The van der Waals surface area contributed by atoms with Gasteiger partial charge in [0.05, 0.1) is 11.7 Å². The van der Waals surface area contributed by atoms with Crippen LogP contribution in [0.15, 0.2) is 48.5 Å². The fourth-order valence-corrected chi connectivity index (χ4v) is 6.19. The second kappa shape index (κ2) is 12.1. The largest absolute Gasteiger partial charge is 0.478 e. The van der Waals surface area contributed by atoms with Crippen LogP contribution in [0, 0.1) is 11.6 Å². The second-order valence-corrected chi connectivity index (χ2v) is 10.7. The molecule has 4 N–H and O–H groups in total. The van der Waals surface area contributed by atoms with Crippen molar-refractivity contribution in [1.82, 2.24) is 5.32 Å². The zero-order chi connectivity index (χ0) is 30.2. The molecule has 0 bridgehead atoms. The first kappa shape index (κ1) is 30.1. The molecule has 1 saturated carbocycles. The topological polar surface area (TPSA) is 103 Å². The molecule has 0 radical (unpaired) electrons. The Hall–Kier alpha value is -3.38. The summed E-state index contributed by atoms with van der Waals surface area (Å²) in [6, 6.07) is 13.7. The molecule has 1 fully saturated rings. The van der Waals surface area contributed by atoms with Crippen LogP contribution in [0.4, 0.5) is 17.6 Å². The van der Waals surface area contributed by atoms with E-state index in [2.05, 4.69) is 10.1 Å². The first-order valence-corrected chi connectivity index (χ1v) is 13.7. The maximum absolute atomic E-state index is 16.0. The minimum Gasteiger partial charge on any atom is -0.478 e. The predicted octanol–water partition coefficient (Wildman–Crippen LogP) is 5.85. The number of aliphatic hydroxyl groups is 1. The van der Waals surface area contributed by atoms with Crippen molar-refractivity contribution in [2.45, 2.75) is 56.1 Å². The summed E-state index contributed by atoms with van der Waals surface area (Å²) in [5.74, 6) is -5.38. The lowest BCUT2D eigenvalue weighted by Crippen LogP contribution is -2.49. The number of alkyl halides is 2. The quantitative estimate of drug-likeness (QED) is 0.208. The molecular weight excluding hydrogens is 580 g/mol. The van der Waals surface area contributed by atoms with E-state index in [9.17, 15) is 18.7 Å². The summed E-state index contributed by atoms with van der Waals surface area (Å²) in [5.41, 5.74) is 3.48. The number of rotatable bonds is 9. The minimum absolute atomic E-state index is 0.0704. The van der Waals surface area contributed by atoms with Gasteiger partial charge in [0.1, 0.15) is 16.9 Å². The average Bonchev–Trinajstić information content (AvgIpc) is 3.31. The van der Waals surface area contributed by atoms with Crippen LogP contribution in [0.2, 0.25) is 5.02 Å². The molecule has 1 aliphatic heterocycles. The molecule has 0 unspecified atom stereocenters. The molecule has 224 valence electrons. The van der Waals surface area contributed by atoms with Crippen molar-refractivity contribution in [3.05, 3.63) is 81.9 Å². The Bertz CT molecular complexity index is 1470. The van der Waals surface area contributed by atoms with E-state index in [1.807, 2.05) is 30.3 Å². The highest BCUT2D eigenvalue weighted by Crippen LogP contribution is 2.55. The van der Waals surface area contributed by atoms with Crippen LogP contribution in [-0.2, 0) is 10.3 Å². The van der Waals surface area contributed by atoms with Crippen molar-refractivity contribution in [2.75, 3.05) is 13.7 Å². The van der Waals surface area contributed by atoms with Gasteiger partial charge in [-0.2, -0.15) is 8.78 Å². The first-order valence-electron chi connectivity index (χ1n) is 13.4. The van der Waals surface area contributed by atoms with Crippen molar-refractivity contribution in [1.29, 1.82) is 0 Å². The molecule has 2 aliphatic rings. The smallest absolute Gasteiger partial charge is 0.387 e. The van der Waals surface area contributed by atoms with Crippen LogP contribution in [0.25, 0.3) is 11.1 Å². The molecule has 1 aliphatic carbocycles. The van der Waals surface area contributed by atoms with Gasteiger partial charge in [0.15, 0.2) is 23.0 Å². The van der Waals surface area contributed by atoms with Crippen molar-refractivity contribution in [3.63, 3.8) is 0 Å². The number of hydrogen-bond acceptors (Lipinski definition) is 6.